The highest BCUT2D eigenvalue weighted by atomic mass is 79.9. The maximum atomic E-state index is 12.2. The van der Waals surface area contributed by atoms with Gasteiger partial charge in [-0.2, -0.15) is 0 Å². The molecule has 2 amide bonds. The molecule has 0 saturated carbocycles. The lowest BCUT2D eigenvalue weighted by molar-refractivity contribution is -0.116. The second kappa shape index (κ2) is 5.46. The number of ether oxygens (including phenoxy) is 1. The van der Waals surface area contributed by atoms with E-state index >= 15 is 0 Å². The Labute approximate surface area is 121 Å². The zero-order chi connectivity index (χ0) is 14.0. The third-order valence-corrected chi connectivity index (χ3v) is 3.25. The topological polar surface area (TPSA) is 54.5 Å². The van der Waals surface area contributed by atoms with Gasteiger partial charge in [0.15, 0.2) is 0 Å². The molecule has 2 rings (SSSR count). The van der Waals surface area contributed by atoms with E-state index in [1.54, 1.807) is 17.3 Å². The van der Waals surface area contributed by atoms with Crippen LogP contribution in [0.2, 0.25) is 0 Å². The van der Waals surface area contributed by atoms with Crippen molar-refractivity contribution in [1.29, 1.82) is 0 Å². The van der Waals surface area contributed by atoms with Crippen LogP contribution in [0.5, 0.6) is 0 Å². The van der Waals surface area contributed by atoms with Gasteiger partial charge < -0.3 is 15.0 Å². The van der Waals surface area contributed by atoms with Crippen molar-refractivity contribution in [3.63, 3.8) is 0 Å². The normalized spacial score (nSPS) is 22.1. The molecule has 1 aliphatic heterocycles. The maximum Gasteiger partial charge on any atom is 0.322 e. The summed E-state index contributed by atoms with van der Waals surface area (Å²) in [6.45, 7) is 7.12. The maximum absolute atomic E-state index is 12.2. The number of halogens is 1. The van der Waals surface area contributed by atoms with Crippen molar-refractivity contribution >= 4 is 27.6 Å². The predicted molar refractivity (Wildman–Crippen MR) is 77.2 cm³/mol. The molecule has 0 unspecified atom stereocenters. The number of anilines is 1. The summed E-state index contributed by atoms with van der Waals surface area (Å²) in [5.41, 5.74) is 0.362. The van der Waals surface area contributed by atoms with Crippen molar-refractivity contribution in [1.82, 2.24) is 9.88 Å². The number of aromatic nitrogens is 1. The Bertz CT molecular complexity index is 479. The molecule has 0 bridgehead atoms. The second-order valence-corrected chi connectivity index (χ2v) is 6.31. The highest BCUT2D eigenvalue weighted by Crippen LogP contribution is 2.22. The van der Waals surface area contributed by atoms with Crippen LogP contribution in [0, 0.1) is 0 Å². The molecule has 1 N–H and O–H groups in total. The lowest BCUT2D eigenvalue weighted by Crippen LogP contribution is -2.54. The number of urea groups is 1. The van der Waals surface area contributed by atoms with E-state index in [9.17, 15) is 4.79 Å². The molecule has 1 fully saturated rings. The van der Waals surface area contributed by atoms with E-state index in [0.717, 1.165) is 4.47 Å². The fourth-order valence-electron chi connectivity index (χ4n) is 2.29. The molecule has 1 atom stereocenters. The molecule has 0 aromatic carbocycles. The van der Waals surface area contributed by atoms with E-state index in [1.165, 1.54) is 0 Å². The second-order valence-electron chi connectivity index (χ2n) is 5.39. The smallest absolute Gasteiger partial charge is 0.322 e. The van der Waals surface area contributed by atoms with E-state index in [-0.39, 0.29) is 17.7 Å². The molecule has 5 nitrogen and oxygen atoms in total. The van der Waals surface area contributed by atoms with Gasteiger partial charge in [-0.1, -0.05) is 0 Å². The number of hydrogen-bond donors (Lipinski definition) is 1. The van der Waals surface area contributed by atoms with Crippen LogP contribution in [-0.4, -0.2) is 40.7 Å². The minimum absolute atomic E-state index is 0.0372. The third-order valence-electron chi connectivity index (χ3n) is 2.81. The van der Waals surface area contributed by atoms with Crippen LogP contribution in [0.25, 0.3) is 0 Å². The highest BCUT2D eigenvalue weighted by Gasteiger charge is 2.33. The number of pyridine rings is 1. The monoisotopic (exact) mass is 327 g/mol. The zero-order valence-electron chi connectivity index (χ0n) is 11.3. The minimum atomic E-state index is -0.315. The number of rotatable bonds is 1. The van der Waals surface area contributed by atoms with E-state index in [1.807, 2.05) is 26.8 Å². The minimum Gasteiger partial charge on any atom is -0.369 e. The largest absolute Gasteiger partial charge is 0.369 e. The number of hydrogen-bond acceptors (Lipinski definition) is 3. The van der Waals surface area contributed by atoms with Gasteiger partial charge in [-0.15, -0.1) is 0 Å². The average molecular weight is 328 g/mol. The summed E-state index contributed by atoms with van der Waals surface area (Å²) in [5, 5.41) is 2.85. The lowest BCUT2D eigenvalue weighted by atomic mass is 10.1. The Morgan fingerprint density at radius 2 is 2.32 bits per heavy atom. The van der Waals surface area contributed by atoms with Crippen molar-refractivity contribution in [2.75, 3.05) is 18.4 Å². The van der Waals surface area contributed by atoms with Crippen LogP contribution in [0.15, 0.2) is 22.9 Å². The Morgan fingerprint density at radius 3 is 2.95 bits per heavy atom. The number of carbonyl (C=O) groups excluding carboxylic acids is 1. The Morgan fingerprint density at radius 1 is 1.58 bits per heavy atom. The Hall–Kier alpha value is -1.14. The molecule has 1 saturated heterocycles. The number of morpholine rings is 1. The molecule has 0 radical (unpaired) electrons. The molecule has 6 heteroatoms. The van der Waals surface area contributed by atoms with Crippen molar-refractivity contribution in [2.45, 2.75) is 32.5 Å². The quantitative estimate of drug-likeness (QED) is 0.862. The molecule has 1 aliphatic rings. The first kappa shape index (κ1) is 14.3. The van der Waals surface area contributed by atoms with Crippen LogP contribution < -0.4 is 5.32 Å². The van der Waals surface area contributed by atoms with Gasteiger partial charge in [-0.3, -0.25) is 4.98 Å². The van der Waals surface area contributed by atoms with Gasteiger partial charge in [0, 0.05) is 17.2 Å². The standard InChI is InChI=1S/C13H18BrN3O2/c1-9-7-17(8-13(2,3)19-9)12(18)16-11-4-10(14)5-15-6-11/h4-6,9H,7-8H2,1-3H3,(H,16,18)/t9-/m0/s1. The summed E-state index contributed by atoms with van der Waals surface area (Å²) >= 11 is 3.33. The summed E-state index contributed by atoms with van der Waals surface area (Å²) in [6.07, 6.45) is 3.34. The van der Waals surface area contributed by atoms with Gasteiger partial charge >= 0.3 is 6.03 Å². The van der Waals surface area contributed by atoms with Crippen molar-refractivity contribution in [3.05, 3.63) is 22.9 Å². The molecular weight excluding hydrogens is 310 g/mol. The van der Waals surface area contributed by atoms with Gasteiger partial charge in [0.25, 0.3) is 0 Å². The first-order valence-corrected chi connectivity index (χ1v) is 6.99. The molecule has 104 valence electrons. The number of nitrogens with one attached hydrogen (secondary N) is 1. The molecule has 0 aliphatic carbocycles. The Balaban J connectivity index is 2.03. The van der Waals surface area contributed by atoms with Crippen molar-refractivity contribution in [3.8, 4) is 0 Å². The van der Waals surface area contributed by atoms with Crippen molar-refractivity contribution < 1.29 is 9.53 Å². The Kier molecular flexibility index (Phi) is 4.10. The number of amides is 2. The van der Waals surface area contributed by atoms with Crippen LogP contribution in [0.4, 0.5) is 10.5 Å². The first-order valence-electron chi connectivity index (χ1n) is 6.20. The fraction of sp³-hybridized carbons (Fsp3) is 0.538. The van der Waals surface area contributed by atoms with Crippen LogP contribution in [0.3, 0.4) is 0 Å². The van der Waals surface area contributed by atoms with Gasteiger partial charge in [0.2, 0.25) is 0 Å². The average Bonchev–Trinajstić information content (AvgIpc) is 2.26. The molecule has 1 aromatic heterocycles. The summed E-state index contributed by atoms with van der Waals surface area (Å²) in [7, 11) is 0. The van der Waals surface area contributed by atoms with E-state index in [2.05, 4.69) is 26.2 Å². The molecule has 2 heterocycles. The van der Waals surface area contributed by atoms with Gasteiger partial charge in [-0.25, -0.2) is 4.79 Å². The fourth-order valence-corrected chi connectivity index (χ4v) is 2.66. The summed E-state index contributed by atoms with van der Waals surface area (Å²) in [5.74, 6) is 0. The number of carbonyl (C=O) groups is 1. The molecule has 1 aromatic rings. The van der Waals surface area contributed by atoms with E-state index in [4.69, 9.17) is 4.74 Å². The molecule has 0 spiro atoms. The predicted octanol–water partition coefficient (Wildman–Crippen LogP) is 2.88. The summed E-state index contributed by atoms with van der Waals surface area (Å²) in [4.78, 5) is 18.0. The van der Waals surface area contributed by atoms with Crippen LogP contribution >= 0.6 is 15.9 Å². The summed E-state index contributed by atoms with van der Waals surface area (Å²) in [6, 6.07) is 1.70. The van der Waals surface area contributed by atoms with Crippen LogP contribution in [0.1, 0.15) is 20.8 Å². The zero-order valence-corrected chi connectivity index (χ0v) is 12.9. The van der Waals surface area contributed by atoms with Gasteiger partial charge in [0.05, 0.1) is 30.1 Å². The van der Waals surface area contributed by atoms with Crippen LogP contribution in [-0.2, 0) is 4.74 Å². The third kappa shape index (κ3) is 3.91. The highest BCUT2D eigenvalue weighted by molar-refractivity contribution is 9.10. The van der Waals surface area contributed by atoms with E-state index in [0.29, 0.717) is 18.8 Å². The van der Waals surface area contributed by atoms with Gasteiger partial charge in [-0.05, 0) is 42.8 Å². The van der Waals surface area contributed by atoms with E-state index < -0.39 is 0 Å². The first-order chi connectivity index (χ1) is 8.85. The molecular formula is C13H18BrN3O2. The summed E-state index contributed by atoms with van der Waals surface area (Å²) < 4.78 is 6.62. The van der Waals surface area contributed by atoms with Gasteiger partial charge in [0.1, 0.15) is 0 Å². The van der Waals surface area contributed by atoms with Crippen molar-refractivity contribution in [2.24, 2.45) is 0 Å². The molecule has 19 heavy (non-hydrogen) atoms. The SMILES string of the molecule is C[C@H]1CN(C(=O)Nc2cncc(Br)c2)CC(C)(C)O1. The lowest BCUT2D eigenvalue weighted by Gasteiger charge is -2.41. The number of nitrogens with zero attached hydrogens (tertiary/aromatic N) is 2.